The highest BCUT2D eigenvalue weighted by molar-refractivity contribution is 5.76. The summed E-state index contributed by atoms with van der Waals surface area (Å²) in [7, 11) is 0. The van der Waals surface area contributed by atoms with E-state index >= 15 is 0 Å². The van der Waals surface area contributed by atoms with Crippen LogP contribution in [-0.4, -0.2) is 87.5 Å². The van der Waals surface area contributed by atoms with E-state index in [9.17, 15) is 30.3 Å². The van der Waals surface area contributed by atoms with E-state index in [1.165, 1.54) is 257 Å². The van der Waals surface area contributed by atoms with Crippen LogP contribution in [0.2, 0.25) is 0 Å². The molecule has 9 nitrogen and oxygen atoms in total. The Morgan fingerprint density at radius 2 is 0.681 bits per heavy atom. The van der Waals surface area contributed by atoms with Gasteiger partial charge in [0.2, 0.25) is 5.91 Å². The molecule has 1 aliphatic rings. The molecule has 0 radical (unpaired) electrons. The Labute approximate surface area is 562 Å². The topological polar surface area (TPSA) is 149 Å². The highest BCUT2D eigenvalue weighted by atomic mass is 16.7. The molecule has 91 heavy (non-hydrogen) atoms. The molecule has 0 aromatic carbocycles. The van der Waals surface area contributed by atoms with Crippen LogP contribution in [0.5, 0.6) is 0 Å². The molecule has 0 aromatic rings. The summed E-state index contributed by atoms with van der Waals surface area (Å²) in [6, 6.07) is -0.813. The van der Waals surface area contributed by atoms with E-state index in [-0.39, 0.29) is 12.5 Å². The molecule has 1 saturated heterocycles. The first-order chi connectivity index (χ1) is 44.8. The minimum Gasteiger partial charge on any atom is -0.394 e. The summed E-state index contributed by atoms with van der Waals surface area (Å²) >= 11 is 0. The number of allylic oxidation sites excluding steroid dienone is 15. The largest absolute Gasteiger partial charge is 0.394 e. The number of amides is 1. The fourth-order valence-electron chi connectivity index (χ4n) is 12.1. The summed E-state index contributed by atoms with van der Waals surface area (Å²) in [5, 5.41) is 54.9. The molecule has 0 spiro atoms. The number of rotatable bonds is 68. The lowest BCUT2D eigenvalue weighted by molar-refractivity contribution is -0.302. The van der Waals surface area contributed by atoms with Crippen molar-refractivity contribution in [3.63, 3.8) is 0 Å². The molecule has 528 valence electrons. The van der Waals surface area contributed by atoms with Crippen LogP contribution in [0.25, 0.3) is 0 Å². The normalized spacial score (nSPS) is 18.3. The van der Waals surface area contributed by atoms with Gasteiger partial charge in [-0.2, -0.15) is 0 Å². The minimum absolute atomic E-state index is 0.177. The Kier molecular flexibility index (Phi) is 66.2. The van der Waals surface area contributed by atoms with E-state index in [1.807, 2.05) is 6.08 Å². The van der Waals surface area contributed by atoms with Crippen molar-refractivity contribution in [2.45, 2.75) is 403 Å². The zero-order valence-electron chi connectivity index (χ0n) is 59.3. The third-order valence-corrected chi connectivity index (χ3v) is 18.2. The maximum Gasteiger partial charge on any atom is 0.220 e. The van der Waals surface area contributed by atoms with Crippen LogP contribution in [0.3, 0.4) is 0 Å². The zero-order chi connectivity index (χ0) is 65.7. The standard InChI is InChI=1S/C82H147NO8/c1-3-5-7-9-11-13-15-17-19-21-23-25-27-29-31-33-35-37-38-40-42-44-46-48-50-52-54-56-58-60-62-64-66-68-70-72-78(86)83-75(74-90-82-81(89)80(88)79(87)77(73-84)91-82)76(85)71-69-67-65-63-61-59-57-55-53-51-49-47-45-43-41-39-36-34-32-30-28-26-24-22-20-18-16-14-12-10-8-6-4-2/h5,7,11,13,17,19,23,25,29,31,35,37,40,42,69,71,75-77,79-82,84-85,87-89H,3-4,6,8-10,12,14-16,18,20-22,24,26-28,30,32-34,36,38-39,41,43-68,70,72-74H2,1-2H3,(H,83,86)/b7-5-,13-11-,19-17-,25-23-,31-29-,37-35-,42-40-,71-69+. The maximum atomic E-state index is 13.2. The van der Waals surface area contributed by atoms with Gasteiger partial charge in [-0.1, -0.05) is 374 Å². The molecule has 7 unspecified atom stereocenters. The monoisotopic (exact) mass is 1270 g/mol. The lowest BCUT2D eigenvalue weighted by Crippen LogP contribution is -2.60. The van der Waals surface area contributed by atoms with Gasteiger partial charge in [-0.05, 0) is 77.0 Å². The van der Waals surface area contributed by atoms with Gasteiger partial charge in [-0.3, -0.25) is 4.79 Å². The number of aliphatic hydroxyl groups excluding tert-OH is 5. The maximum absolute atomic E-state index is 13.2. The van der Waals surface area contributed by atoms with Crippen LogP contribution >= 0.6 is 0 Å². The molecule has 1 fully saturated rings. The first-order valence-electron chi connectivity index (χ1n) is 39.0. The zero-order valence-corrected chi connectivity index (χ0v) is 59.3. The van der Waals surface area contributed by atoms with E-state index in [0.717, 1.165) is 83.5 Å². The Morgan fingerprint density at radius 1 is 0.385 bits per heavy atom. The number of carbonyl (C=O) groups is 1. The molecule has 9 heteroatoms. The predicted octanol–water partition coefficient (Wildman–Crippen LogP) is 22.2. The summed E-state index contributed by atoms with van der Waals surface area (Å²) in [6.07, 6.45) is 95.4. The molecule has 1 heterocycles. The van der Waals surface area contributed by atoms with E-state index < -0.39 is 49.5 Å². The van der Waals surface area contributed by atoms with Gasteiger partial charge in [0, 0.05) is 6.42 Å². The Balaban J connectivity index is 2.10. The Bertz CT molecular complexity index is 1770. The fourth-order valence-corrected chi connectivity index (χ4v) is 12.1. The van der Waals surface area contributed by atoms with E-state index in [2.05, 4.69) is 104 Å². The van der Waals surface area contributed by atoms with Gasteiger partial charge in [-0.15, -0.1) is 0 Å². The molecule has 1 aliphatic heterocycles. The third-order valence-electron chi connectivity index (χ3n) is 18.2. The lowest BCUT2D eigenvalue weighted by Gasteiger charge is -2.40. The van der Waals surface area contributed by atoms with Gasteiger partial charge >= 0.3 is 0 Å². The molecule has 0 saturated carbocycles. The summed E-state index contributed by atoms with van der Waals surface area (Å²) in [5.41, 5.74) is 0. The number of ether oxygens (including phenoxy) is 2. The van der Waals surface area contributed by atoms with Gasteiger partial charge in [0.05, 0.1) is 25.4 Å². The molecule has 7 atom stereocenters. The van der Waals surface area contributed by atoms with Crippen molar-refractivity contribution in [3.8, 4) is 0 Å². The second-order valence-electron chi connectivity index (χ2n) is 26.8. The van der Waals surface area contributed by atoms with Crippen LogP contribution in [0.15, 0.2) is 97.2 Å². The van der Waals surface area contributed by atoms with Crippen LogP contribution in [0.1, 0.15) is 361 Å². The van der Waals surface area contributed by atoms with Gasteiger partial charge < -0.3 is 40.3 Å². The average Bonchev–Trinajstić information content (AvgIpc) is 1.58. The molecule has 1 rings (SSSR count). The van der Waals surface area contributed by atoms with E-state index in [1.54, 1.807) is 6.08 Å². The number of carbonyl (C=O) groups excluding carboxylic acids is 1. The van der Waals surface area contributed by atoms with E-state index in [4.69, 9.17) is 9.47 Å². The van der Waals surface area contributed by atoms with Gasteiger partial charge in [0.1, 0.15) is 24.4 Å². The van der Waals surface area contributed by atoms with Crippen LogP contribution < -0.4 is 5.32 Å². The first-order valence-corrected chi connectivity index (χ1v) is 39.0. The average molecular weight is 1280 g/mol. The van der Waals surface area contributed by atoms with Crippen molar-refractivity contribution in [1.82, 2.24) is 5.32 Å². The first kappa shape index (κ1) is 86.1. The summed E-state index contributed by atoms with van der Waals surface area (Å²) in [6.45, 7) is 3.71. The van der Waals surface area contributed by atoms with Crippen LogP contribution in [-0.2, 0) is 14.3 Å². The third kappa shape index (κ3) is 58.2. The van der Waals surface area contributed by atoms with Crippen molar-refractivity contribution in [3.05, 3.63) is 97.2 Å². The van der Waals surface area contributed by atoms with Crippen molar-refractivity contribution in [1.29, 1.82) is 0 Å². The lowest BCUT2D eigenvalue weighted by atomic mass is 9.99. The second-order valence-corrected chi connectivity index (χ2v) is 26.8. The number of nitrogens with one attached hydrogen (secondary N) is 1. The number of hydrogen-bond acceptors (Lipinski definition) is 8. The molecule has 0 bridgehead atoms. The summed E-state index contributed by atoms with van der Waals surface area (Å²) < 4.78 is 11.3. The summed E-state index contributed by atoms with van der Waals surface area (Å²) in [4.78, 5) is 13.2. The Hall–Kier alpha value is -2.89. The summed E-state index contributed by atoms with van der Waals surface area (Å²) in [5.74, 6) is -0.177. The highest BCUT2D eigenvalue weighted by Gasteiger charge is 2.44. The SMILES string of the molecule is CC/C=C\C/C=C\C/C=C\C/C=C\C/C=C\C/C=C\C/C=C\CCCCCCCCCCCCCCCC(=O)NC(COC1OC(CO)C(O)C(O)C1O)C(O)/C=C/CCCCCCCCCCCCCCCCCCCCCCCCCCCCCCCCC. The van der Waals surface area contributed by atoms with Gasteiger partial charge in [0.15, 0.2) is 6.29 Å². The number of unbranched alkanes of at least 4 members (excludes halogenated alkanes) is 44. The molecule has 1 amide bonds. The molecule has 0 aromatic heterocycles. The van der Waals surface area contributed by atoms with Crippen molar-refractivity contribution >= 4 is 5.91 Å². The number of hydrogen-bond donors (Lipinski definition) is 6. The highest BCUT2D eigenvalue weighted by Crippen LogP contribution is 2.24. The van der Waals surface area contributed by atoms with Crippen molar-refractivity contribution in [2.24, 2.45) is 0 Å². The van der Waals surface area contributed by atoms with E-state index in [0.29, 0.717) is 6.42 Å². The molecule has 0 aliphatic carbocycles. The Morgan fingerprint density at radius 3 is 1.01 bits per heavy atom. The fraction of sp³-hybridized carbons (Fsp3) is 0.793. The van der Waals surface area contributed by atoms with Crippen LogP contribution in [0.4, 0.5) is 0 Å². The molecular formula is C82H147NO8. The molecule has 6 N–H and O–H groups in total. The van der Waals surface area contributed by atoms with Gasteiger partial charge in [-0.25, -0.2) is 0 Å². The minimum atomic E-state index is -1.57. The predicted molar refractivity (Wildman–Crippen MR) is 391 cm³/mol. The quantitative estimate of drug-likeness (QED) is 0.0261. The van der Waals surface area contributed by atoms with Crippen molar-refractivity contribution < 1.29 is 39.8 Å². The second kappa shape index (κ2) is 69.9. The van der Waals surface area contributed by atoms with Gasteiger partial charge in [0.25, 0.3) is 0 Å². The number of aliphatic hydroxyl groups is 5. The molecular weight excluding hydrogens is 1130 g/mol. The van der Waals surface area contributed by atoms with Crippen molar-refractivity contribution in [2.75, 3.05) is 13.2 Å². The smallest absolute Gasteiger partial charge is 0.220 e. The van der Waals surface area contributed by atoms with Crippen LogP contribution in [0, 0.1) is 0 Å².